The summed E-state index contributed by atoms with van der Waals surface area (Å²) in [5, 5.41) is 64.5. The molecule has 6 aliphatic rings. The number of aliphatic imine (C=N–C) groups is 1. The highest BCUT2D eigenvalue weighted by molar-refractivity contribution is 6.12. The normalized spacial score (nSPS) is 42.8. The topological polar surface area (TPSA) is 306 Å². The Morgan fingerprint density at radius 3 is 2.40 bits per heavy atom. The third-order valence-corrected chi connectivity index (χ3v) is 14.6. The van der Waals surface area contributed by atoms with Crippen molar-refractivity contribution >= 4 is 35.6 Å². The summed E-state index contributed by atoms with van der Waals surface area (Å²) in [5.74, 6) is -7.59. The molecule has 0 aromatic carbocycles. The number of carbonyl (C=O) groups is 5. The SMILES string of the molecule is CCC1C(OC)CC(OC2OC(CO)C(O)(CC(CN3C(=O)C=CC3=O)C3CCNC(N)C3)C(O)C2O)C2C(=O)C3C(CC(CCC=O)C(CNC(N)=NC)C3O)C(=O)C12. The average Bonchev–Trinajstić information content (AvgIpc) is 3.55. The van der Waals surface area contributed by atoms with Crippen LogP contribution in [0.25, 0.3) is 0 Å². The van der Waals surface area contributed by atoms with Crippen LogP contribution >= 0.6 is 0 Å². The van der Waals surface area contributed by atoms with Crippen molar-refractivity contribution in [2.75, 3.05) is 40.4 Å². The van der Waals surface area contributed by atoms with Gasteiger partial charge in [-0.15, -0.1) is 0 Å². The number of nitrogens with two attached hydrogens (primary N) is 2. The monoisotopic (exact) mass is 848 g/mol. The first kappa shape index (κ1) is 46.3. The minimum atomic E-state index is -2.31. The maximum Gasteiger partial charge on any atom is 0.253 e. The lowest BCUT2D eigenvalue weighted by atomic mass is 9.51. The number of hydrogen-bond donors (Lipinski definition) is 9. The first-order valence-corrected chi connectivity index (χ1v) is 21.3. The molecule has 18 atom stereocenters. The van der Waals surface area contributed by atoms with E-state index >= 15 is 0 Å². The molecule has 336 valence electrons. The van der Waals surface area contributed by atoms with Gasteiger partial charge in [0.15, 0.2) is 12.2 Å². The van der Waals surface area contributed by atoms with Crippen LogP contribution in [0.1, 0.15) is 58.3 Å². The highest BCUT2D eigenvalue weighted by Crippen LogP contribution is 2.53. The number of aldehydes is 1. The van der Waals surface area contributed by atoms with Gasteiger partial charge in [0.25, 0.3) is 11.8 Å². The fourth-order valence-corrected chi connectivity index (χ4v) is 11.5. The van der Waals surface area contributed by atoms with E-state index in [0.29, 0.717) is 32.2 Å². The Morgan fingerprint density at radius 2 is 1.78 bits per heavy atom. The van der Waals surface area contributed by atoms with E-state index in [1.165, 1.54) is 14.2 Å². The summed E-state index contributed by atoms with van der Waals surface area (Å²) in [6, 6.07) is 0. The van der Waals surface area contributed by atoms with E-state index in [1.807, 2.05) is 6.92 Å². The van der Waals surface area contributed by atoms with Crippen molar-refractivity contribution < 1.29 is 63.7 Å². The molecule has 0 radical (unpaired) electrons. The molecule has 2 amide bonds. The van der Waals surface area contributed by atoms with E-state index in [0.717, 1.165) is 23.3 Å². The number of Topliss-reactive ketones (excluding diaryl/α,β-unsaturated/α-hetero) is 2. The lowest BCUT2D eigenvalue weighted by molar-refractivity contribution is -0.349. The van der Waals surface area contributed by atoms with E-state index < -0.39 is 120 Å². The number of guanidine groups is 1. The second-order valence-electron chi connectivity index (χ2n) is 17.7. The van der Waals surface area contributed by atoms with Gasteiger partial charge in [0.1, 0.15) is 41.8 Å². The van der Waals surface area contributed by atoms with Crippen LogP contribution in [0.5, 0.6) is 0 Å². The maximum absolute atomic E-state index is 14.9. The number of rotatable bonds is 15. The van der Waals surface area contributed by atoms with Gasteiger partial charge < -0.3 is 66.6 Å². The van der Waals surface area contributed by atoms with E-state index in [4.69, 9.17) is 25.7 Å². The second-order valence-corrected chi connectivity index (χ2v) is 17.7. The Morgan fingerprint density at radius 1 is 1.07 bits per heavy atom. The summed E-state index contributed by atoms with van der Waals surface area (Å²) in [6.45, 7) is 1.61. The van der Waals surface area contributed by atoms with E-state index in [2.05, 4.69) is 15.6 Å². The molecule has 2 saturated heterocycles. The molecule has 19 nitrogen and oxygen atoms in total. The lowest BCUT2D eigenvalue weighted by Gasteiger charge is -2.55. The molecule has 3 aliphatic heterocycles. The van der Waals surface area contributed by atoms with Gasteiger partial charge in [0.2, 0.25) is 0 Å². The van der Waals surface area contributed by atoms with Crippen LogP contribution in [0.2, 0.25) is 0 Å². The van der Waals surface area contributed by atoms with Crippen molar-refractivity contribution in [1.29, 1.82) is 0 Å². The number of carbonyl (C=O) groups excluding carboxylic acids is 5. The van der Waals surface area contributed by atoms with Crippen LogP contribution in [-0.4, -0.2) is 161 Å². The quantitative estimate of drug-likeness (QED) is 0.0351. The minimum absolute atomic E-state index is 0.0832. The van der Waals surface area contributed by atoms with Crippen molar-refractivity contribution in [2.24, 2.45) is 69.7 Å². The van der Waals surface area contributed by atoms with Crippen LogP contribution in [0, 0.1) is 53.3 Å². The Balaban J connectivity index is 1.27. The largest absolute Gasteiger partial charge is 0.394 e. The first-order valence-electron chi connectivity index (χ1n) is 21.3. The number of hydrogen-bond acceptors (Lipinski definition) is 16. The highest BCUT2D eigenvalue weighted by atomic mass is 16.7. The number of piperidine rings is 1. The second kappa shape index (κ2) is 19.4. The summed E-state index contributed by atoms with van der Waals surface area (Å²) in [5.41, 5.74) is 9.81. The Labute approximate surface area is 349 Å². The number of aliphatic hydroxyl groups excluding tert-OH is 4. The molecule has 0 aromatic heterocycles. The van der Waals surface area contributed by atoms with Crippen LogP contribution in [0.15, 0.2) is 17.1 Å². The lowest BCUT2D eigenvalue weighted by Crippen LogP contribution is -2.69. The molecule has 3 saturated carbocycles. The zero-order chi connectivity index (χ0) is 43.6. The van der Waals surface area contributed by atoms with Crippen LogP contribution in [0.3, 0.4) is 0 Å². The van der Waals surface area contributed by atoms with Gasteiger partial charge >= 0.3 is 0 Å². The molecule has 60 heavy (non-hydrogen) atoms. The van der Waals surface area contributed by atoms with Gasteiger partial charge in [-0.25, -0.2) is 0 Å². The number of methoxy groups -OCH3 is 1. The predicted octanol–water partition coefficient (Wildman–Crippen LogP) is -2.67. The molecule has 0 aromatic rings. The van der Waals surface area contributed by atoms with Crippen molar-refractivity contribution in [3.05, 3.63) is 12.2 Å². The van der Waals surface area contributed by atoms with Gasteiger partial charge in [-0.3, -0.25) is 29.1 Å². The Kier molecular flexibility index (Phi) is 15.0. The molecule has 0 bridgehead atoms. The zero-order valence-electron chi connectivity index (χ0n) is 34.6. The molecular formula is C41H64N6O13. The number of ether oxygens (including phenoxy) is 3. The molecule has 0 spiro atoms. The van der Waals surface area contributed by atoms with E-state index in [9.17, 15) is 49.5 Å². The maximum atomic E-state index is 14.9. The standard InChI is InChI=1S/C41H64N6O13/c1-4-22-25(58-3)14-26(33-31(22)34(52)23-12-20(6-5-11-48)24(16-46-40(43)44-2)35(53)32(23)36(33)54)59-39-37(55)38(56)41(57,27(18-49)60-39)15-21(19-9-10-45-28(42)13-19)17-47-29(50)7-8-30(47)51/h7-8,11,19-28,31-33,35,37-39,45,49,53,55-57H,4-6,9-10,12-18,42H2,1-3H3,(H3,43,44,46). The summed E-state index contributed by atoms with van der Waals surface area (Å²) >= 11 is 0. The molecule has 18 unspecified atom stereocenters. The molecule has 11 N–H and O–H groups in total. The number of ketones is 2. The third kappa shape index (κ3) is 8.85. The van der Waals surface area contributed by atoms with Crippen molar-refractivity contribution in [2.45, 2.75) is 113 Å². The Bertz CT molecular complexity index is 1630. The van der Waals surface area contributed by atoms with Crippen molar-refractivity contribution in [1.82, 2.24) is 15.5 Å². The summed E-state index contributed by atoms with van der Waals surface area (Å²) in [4.78, 5) is 71.3. The number of fused-ring (bicyclic) bond motifs is 2. The van der Waals surface area contributed by atoms with E-state index in [-0.39, 0.29) is 62.4 Å². The number of imide groups is 1. The van der Waals surface area contributed by atoms with Crippen LogP contribution in [-0.2, 0) is 38.2 Å². The fraction of sp³-hybridized carbons (Fsp3) is 0.805. The number of amides is 2. The fourth-order valence-electron chi connectivity index (χ4n) is 11.5. The molecule has 5 fully saturated rings. The highest BCUT2D eigenvalue weighted by Gasteiger charge is 2.64. The predicted molar refractivity (Wildman–Crippen MR) is 212 cm³/mol. The van der Waals surface area contributed by atoms with E-state index in [1.54, 1.807) is 0 Å². The zero-order valence-corrected chi connectivity index (χ0v) is 34.6. The average molecular weight is 849 g/mol. The summed E-state index contributed by atoms with van der Waals surface area (Å²) in [7, 11) is 3.00. The van der Waals surface area contributed by atoms with Crippen LogP contribution < -0.4 is 22.1 Å². The number of nitrogens with zero attached hydrogens (tertiary/aromatic N) is 2. The third-order valence-electron chi connectivity index (χ3n) is 14.6. The minimum Gasteiger partial charge on any atom is -0.394 e. The first-order chi connectivity index (χ1) is 28.6. The molecule has 19 heteroatoms. The Hall–Kier alpha value is -3.24. The summed E-state index contributed by atoms with van der Waals surface area (Å²) < 4.78 is 18.4. The van der Waals surface area contributed by atoms with Gasteiger partial charge in [-0.05, 0) is 62.3 Å². The van der Waals surface area contributed by atoms with Crippen molar-refractivity contribution in [3.63, 3.8) is 0 Å². The van der Waals surface area contributed by atoms with Crippen molar-refractivity contribution in [3.8, 4) is 0 Å². The molecule has 3 heterocycles. The molecule has 3 aliphatic carbocycles. The van der Waals surface area contributed by atoms with Gasteiger partial charge in [0.05, 0.1) is 42.9 Å². The number of nitrogens with one attached hydrogen (secondary N) is 2. The van der Waals surface area contributed by atoms with Gasteiger partial charge in [-0.1, -0.05) is 13.3 Å². The van der Waals surface area contributed by atoms with Crippen LogP contribution in [0.4, 0.5) is 0 Å². The molecule has 6 rings (SSSR count). The number of aliphatic hydroxyl groups is 5. The molecular weight excluding hydrogens is 784 g/mol. The van der Waals surface area contributed by atoms with Gasteiger partial charge in [-0.2, -0.15) is 0 Å². The van der Waals surface area contributed by atoms with Gasteiger partial charge in [0, 0.05) is 70.0 Å². The summed E-state index contributed by atoms with van der Waals surface area (Å²) in [6.07, 6.45) is -5.34. The smallest absolute Gasteiger partial charge is 0.253 e.